The van der Waals surface area contributed by atoms with E-state index in [-0.39, 0.29) is 11.4 Å². The van der Waals surface area contributed by atoms with E-state index >= 15 is 0 Å². The van der Waals surface area contributed by atoms with Crippen molar-refractivity contribution in [3.63, 3.8) is 0 Å². The second kappa shape index (κ2) is 7.48. The lowest BCUT2D eigenvalue weighted by Crippen LogP contribution is -2.46. The van der Waals surface area contributed by atoms with E-state index in [0.717, 1.165) is 71.3 Å². The van der Waals surface area contributed by atoms with Crippen molar-refractivity contribution >= 4 is 11.9 Å². The third kappa shape index (κ3) is 4.01. The number of piperidine rings is 1. The Kier molecular flexibility index (Phi) is 5.29. The number of hydrogen-bond acceptors (Lipinski definition) is 5. The van der Waals surface area contributed by atoms with E-state index in [2.05, 4.69) is 9.21 Å². The lowest BCUT2D eigenvalue weighted by Gasteiger charge is -2.38. The zero-order valence-electron chi connectivity index (χ0n) is 14.3. The van der Waals surface area contributed by atoms with Crippen LogP contribution in [0.5, 0.6) is 0 Å². The molecule has 1 atom stereocenters. The fourth-order valence-corrected chi connectivity index (χ4v) is 4.98. The van der Waals surface area contributed by atoms with Crippen LogP contribution < -0.4 is 0 Å². The van der Waals surface area contributed by atoms with Gasteiger partial charge in [-0.3, -0.25) is 4.90 Å². The smallest absolute Gasteiger partial charge is 0.138 e. The summed E-state index contributed by atoms with van der Waals surface area (Å²) in [5.74, 6) is -0.763. The molecule has 1 unspecified atom stereocenters. The highest BCUT2D eigenvalue weighted by atomic mass is 32.2. The molecule has 1 aromatic carbocycles. The van der Waals surface area contributed by atoms with Crippen LogP contribution in [0.3, 0.4) is 0 Å². The van der Waals surface area contributed by atoms with E-state index in [9.17, 15) is 8.78 Å². The van der Waals surface area contributed by atoms with E-state index < -0.39 is 5.82 Å². The highest BCUT2D eigenvalue weighted by molar-refractivity contribution is 7.97. The molecular formula is C18H24F2N2O2S. The van der Waals surface area contributed by atoms with Gasteiger partial charge < -0.3 is 9.47 Å². The summed E-state index contributed by atoms with van der Waals surface area (Å²) in [4.78, 5) is 2.84. The zero-order chi connectivity index (χ0) is 17.3. The van der Waals surface area contributed by atoms with Crippen molar-refractivity contribution in [1.82, 2.24) is 9.21 Å². The number of halogens is 2. The van der Waals surface area contributed by atoms with Crippen LogP contribution in [0.1, 0.15) is 19.3 Å². The molecule has 1 aromatic rings. The predicted octanol–water partition coefficient (Wildman–Crippen LogP) is 2.93. The van der Waals surface area contributed by atoms with E-state index in [1.54, 1.807) is 0 Å². The molecule has 4 nitrogen and oxygen atoms in total. The third-order valence-electron chi connectivity index (χ3n) is 5.51. The fraction of sp³-hybridized carbons (Fsp3) is 0.667. The molecule has 1 spiro atoms. The van der Waals surface area contributed by atoms with Crippen LogP contribution in [0, 0.1) is 11.6 Å². The van der Waals surface area contributed by atoms with E-state index in [1.807, 2.05) is 0 Å². The first-order chi connectivity index (χ1) is 12.1. The minimum absolute atomic E-state index is 0.0412. The quantitative estimate of drug-likeness (QED) is 0.762. The molecule has 138 valence electrons. The minimum atomic E-state index is -0.398. The molecule has 0 saturated carbocycles. The van der Waals surface area contributed by atoms with Crippen molar-refractivity contribution in [2.45, 2.75) is 35.8 Å². The van der Waals surface area contributed by atoms with Crippen molar-refractivity contribution in [3.05, 3.63) is 29.8 Å². The average molecular weight is 370 g/mol. The van der Waals surface area contributed by atoms with Gasteiger partial charge in [0.2, 0.25) is 0 Å². The van der Waals surface area contributed by atoms with Crippen molar-refractivity contribution < 1.29 is 18.3 Å². The Morgan fingerprint density at radius 2 is 1.84 bits per heavy atom. The molecule has 4 rings (SSSR count). The second-order valence-corrected chi connectivity index (χ2v) is 8.23. The van der Waals surface area contributed by atoms with Gasteiger partial charge in [-0.1, -0.05) is 0 Å². The van der Waals surface area contributed by atoms with Gasteiger partial charge in [0.15, 0.2) is 0 Å². The minimum Gasteiger partial charge on any atom is -0.379 e. The van der Waals surface area contributed by atoms with Gasteiger partial charge >= 0.3 is 0 Å². The SMILES string of the molecule is Fc1ccc(F)c(SN2CCC3(CC2)CC(N2CCOCC2)CO3)c1. The standard InChI is InChI=1S/C18H24F2N2O2S/c19-14-1-2-16(20)17(11-14)25-22-5-3-18(4-6-22)12-15(13-24-18)21-7-9-23-10-8-21/h1-2,11,15H,3-10,12-13H2. The number of rotatable bonds is 3. The topological polar surface area (TPSA) is 24.9 Å². The highest BCUT2D eigenvalue weighted by Gasteiger charge is 2.44. The van der Waals surface area contributed by atoms with Gasteiger partial charge in [-0.15, -0.1) is 0 Å². The molecule has 0 bridgehead atoms. The second-order valence-electron chi connectivity index (χ2n) is 7.10. The zero-order valence-corrected chi connectivity index (χ0v) is 15.1. The first kappa shape index (κ1) is 17.7. The van der Waals surface area contributed by atoms with Crippen LogP contribution in [-0.2, 0) is 9.47 Å². The molecular weight excluding hydrogens is 346 g/mol. The van der Waals surface area contributed by atoms with Gasteiger partial charge in [0.1, 0.15) is 11.6 Å². The molecule has 3 aliphatic rings. The Morgan fingerprint density at radius 1 is 1.08 bits per heavy atom. The molecule has 3 fully saturated rings. The van der Waals surface area contributed by atoms with Gasteiger partial charge in [0.05, 0.1) is 30.3 Å². The van der Waals surface area contributed by atoms with Crippen LogP contribution in [0.15, 0.2) is 23.1 Å². The largest absolute Gasteiger partial charge is 0.379 e. The average Bonchev–Trinajstić information content (AvgIpc) is 3.05. The fourth-order valence-electron chi connectivity index (χ4n) is 4.02. The highest BCUT2D eigenvalue weighted by Crippen LogP contribution is 2.40. The Labute approximate surface area is 151 Å². The molecule has 25 heavy (non-hydrogen) atoms. The normalized spacial score (nSPS) is 27.8. The van der Waals surface area contributed by atoms with Crippen LogP contribution >= 0.6 is 11.9 Å². The molecule has 0 N–H and O–H groups in total. The first-order valence-electron chi connectivity index (χ1n) is 8.97. The Balaban J connectivity index is 1.31. The summed E-state index contributed by atoms with van der Waals surface area (Å²) in [5.41, 5.74) is -0.0412. The van der Waals surface area contributed by atoms with Crippen LogP contribution in [0.2, 0.25) is 0 Å². The maximum atomic E-state index is 13.8. The van der Waals surface area contributed by atoms with Gasteiger partial charge in [-0.05, 0) is 49.4 Å². The van der Waals surface area contributed by atoms with Crippen molar-refractivity contribution in [2.24, 2.45) is 0 Å². The van der Waals surface area contributed by atoms with Crippen molar-refractivity contribution in [1.29, 1.82) is 0 Å². The summed E-state index contributed by atoms with van der Waals surface area (Å²) in [7, 11) is 0. The molecule has 0 aliphatic carbocycles. The van der Waals surface area contributed by atoms with Crippen molar-refractivity contribution in [3.8, 4) is 0 Å². The molecule has 7 heteroatoms. The summed E-state index contributed by atoms with van der Waals surface area (Å²) >= 11 is 1.31. The first-order valence-corrected chi connectivity index (χ1v) is 9.75. The van der Waals surface area contributed by atoms with E-state index in [4.69, 9.17) is 9.47 Å². The summed E-state index contributed by atoms with van der Waals surface area (Å²) < 4.78 is 40.9. The number of nitrogens with zero attached hydrogens (tertiary/aromatic N) is 2. The van der Waals surface area contributed by atoms with Gasteiger partial charge in [-0.2, -0.15) is 0 Å². The maximum Gasteiger partial charge on any atom is 0.138 e. The van der Waals surface area contributed by atoms with Gasteiger partial charge in [0, 0.05) is 32.2 Å². The van der Waals surface area contributed by atoms with Gasteiger partial charge in [-0.25, -0.2) is 13.1 Å². The molecule has 3 heterocycles. The lowest BCUT2D eigenvalue weighted by atomic mass is 9.88. The maximum absolute atomic E-state index is 13.8. The summed E-state index contributed by atoms with van der Waals surface area (Å²) in [6, 6.07) is 4.10. The molecule has 3 aliphatic heterocycles. The third-order valence-corrected chi connectivity index (χ3v) is 6.64. The number of benzene rings is 1. The number of hydrogen-bond donors (Lipinski definition) is 0. The van der Waals surface area contributed by atoms with Gasteiger partial charge in [0.25, 0.3) is 0 Å². The van der Waals surface area contributed by atoms with Crippen molar-refractivity contribution in [2.75, 3.05) is 46.0 Å². The summed E-state index contributed by atoms with van der Waals surface area (Å²) in [5, 5.41) is 0. The monoisotopic (exact) mass is 370 g/mol. The Morgan fingerprint density at radius 3 is 2.60 bits per heavy atom. The summed E-state index contributed by atoms with van der Waals surface area (Å²) in [6.45, 7) is 6.06. The van der Waals surface area contributed by atoms with Crippen LogP contribution in [0.25, 0.3) is 0 Å². The lowest BCUT2D eigenvalue weighted by molar-refractivity contribution is -0.0318. The Bertz CT molecular complexity index is 605. The van der Waals surface area contributed by atoms with E-state index in [1.165, 1.54) is 24.1 Å². The predicted molar refractivity (Wildman–Crippen MR) is 92.5 cm³/mol. The molecule has 3 saturated heterocycles. The molecule has 0 radical (unpaired) electrons. The van der Waals surface area contributed by atoms with E-state index in [0.29, 0.717) is 10.9 Å². The molecule has 0 amide bonds. The van der Waals surface area contributed by atoms with Crippen LogP contribution in [-0.4, -0.2) is 66.8 Å². The van der Waals surface area contributed by atoms with Crippen LogP contribution in [0.4, 0.5) is 8.78 Å². The number of morpholine rings is 1. The number of ether oxygens (including phenoxy) is 2. The Hall–Kier alpha value is -0.730. The summed E-state index contributed by atoms with van der Waals surface area (Å²) in [6.07, 6.45) is 2.95. The molecule has 0 aromatic heterocycles.